The van der Waals surface area contributed by atoms with Crippen LogP contribution in [0, 0.1) is 12.7 Å². The van der Waals surface area contributed by atoms with Crippen molar-refractivity contribution in [2.75, 3.05) is 26.3 Å². The minimum Gasteiger partial charge on any atom is -0.379 e. The van der Waals surface area contributed by atoms with Crippen molar-refractivity contribution >= 4 is 27.4 Å². The van der Waals surface area contributed by atoms with Gasteiger partial charge in [0, 0.05) is 24.5 Å². The van der Waals surface area contributed by atoms with Gasteiger partial charge >= 0.3 is 6.03 Å². The molecule has 0 bridgehead atoms. The number of urea groups is 1. The van der Waals surface area contributed by atoms with Crippen LogP contribution in [0.4, 0.5) is 9.18 Å². The number of amides is 2. The van der Waals surface area contributed by atoms with Crippen LogP contribution in [0.2, 0.25) is 0 Å². The summed E-state index contributed by atoms with van der Waals surface area (Å²) < 4.78 is 45.6. The Bertz CT molecular complexity index is 940. The van der Waals surface area contributed by atoms with Crippen molar-refractivity contribution < 1.29 is 22.3 Å². The van der Waals surface area contributed by atoms with E-state index in [2.05, 4.69) is 10.6 Å². The highest BCUT2D eigenvalue weighted by Crippen LogP contribution is 2.25. The number of aryl methyl sites for hydroxylation is 1. The fourth-order valence-corrected chi connectivity index (χ4v) is 5.52. The first-order chi connectivity index (χ1) is 13.4. The first-order valence-electron chi connectivity index (χ1n) is 8.79. The zero-order valence-corrected chi connectivity index (χ0v) is 17.0. The number of carbonyl (C=O) groups is 1. The van der Waals surface area contributed by atoms with Gasteiger partial charge in [0.2, 0.25) is 0 Å². The van der Waals surface area contributed by atoms with E-state index in [1.54, 1.807) is 31.2 Å². The monoisotopic (exact) mass is 427 g/mol. The maximum atomic E-state index is 13.5. The zero-order chi connectivity index (χ0) is 20.1. The van der Waals surface area contributed by atoms with Crippen LogP contribution in [-0.4, -0.2) is 45.1 Å². The van der Waals surface area contributed by atoms with Gasteiger partial charge in [-0.05, 0) is 36.2 Å². The second-order valence-corrected chi connectivity index (χ2v) is 9.69. The van der Waals surface area contributed by atoms with Crippen molar-refractivity contribution in [2.45, 2.75) is 24.2 Å². The van der Waals surface area contributed by atoms with E-state index in [9.17, 15) is 17.6 Å². The molecule has 3 rings (SSSR count). The fraction of sp³-hybridized carbons (Fsp3) is 0.389. The lowest BCUT2D eigenvalue weighted by atomic mass is 10.1. The Labute approximate surface area is 167 Å². The molecule has 0 spiro atoms. The fourth-order valence-electron chi connectivity index (χ4n) is 2.66. The number of morpholine rings is 1. The highest BCUT2D eigenvalue weighted by atomic mass is 32.2. The standard InChI is InChI=1S/C18H22FN3O4S2/c1-13-2-3-14(10-16(13)19)11-20-18(23)21-12-15-4-5-17(27-15)28(24,25)22-6-8-26-9-7-22/h2-5,10H,6-9,11-12H2,1H3,(H2,20,21,23). The van der Waals surface area contributed by atoms with Crippen LogP contribution in [0.25, 0.3) is 0 Å². The molecule has 1 saturated heterocycles. The Kier molecular flexibility index (Phi) is 6.65. The van der Waals surface area contributed by atoms with Crippen LogP contribution in [0.5, 0.6) is 0 Å². The largest absolute Gasteiger partial charge is 0.379 e. The third kappa shape index (κ3) is 5.07. The molecule has 1 aromatic heterocycles. The molecule has 0 unspecified atom stereocenters. The molecule has 2 amide bonds. The summed E-state index contributed by atoms with van der Waals surface area (Å²) in [6.45, 7) is 3.55. The van der Waals surface area contributed by atoms with Crippen molar-refractivity contribution in [3.63, 3.8) is 0 Å². The molecular formula is C18H22FN3O4S2. The Morgan fingerprint density at radius 2 is 1.89 bits per heavy atom. The van der Waals surface area contributed by atoms with Gasteiger partial charge in [-0.3, -0.25) is 0 Å². The van der Waals surface area contributed by atoms with Crippen LogP contribution < -0.4 is 10.6 Å². The second kappa shape index (κ2) is 8.99. The molecule has 7 nitrogen and oxygen atoms in total. The average Bonchev–Trinajstić information content (AvgIpc) is 3.18. The number of hydrogen-bond acceptors (Lipinski definition) is 5. The van der Waals surface area contributed by atoms with E-state index in [0.29, 0.717) is 37.4 Å². The number of sulfonamides is 1. The third-order valence-corrected chi connectivity index (χ3v) is 7.76. The van der Waals surface area contributed by atoms with E-state index in [0.717, 1.165) is 16.2 Å². The van der Waals surface area contributed by atoms with Gasteiger partial charge in [-0.25, -0.2) is 17.6 Å². The van der Waals surface area contributed by atoms with Gasteiger partial charge < -0.3 is 15.4 Å². The normalized spacial score (nSPS) is 15.4. The van der Waals surface area contributed by atoms with Gasteiger partial charge in [-0.1, -0.05) is 12.1 Å². The topological polar surface area (TPSA) is 87.7 Å². The third-order valence-electron chi connectivity index (χ3n) is 4.31. The van der Waals surface area contributed by atoms with Crippen molar-refractivity contribution in [3.8, 4) is 0 Å². The highest BCUT2D eigenvalue weighted by Gasteiger charge is 2.27. The Morgan fingerprint density at radius 3 is 2.61 bits per heavy atom. The molecule has 0 atom stereocenters. The summed E-state index contributed by atoms with van der Waals surface area (Å²) in [6.07, 6.45) is 0. The SMILES string of the molecule is Cc1ccc(CNC(=O)NCc2ccc(S(=O)(=O)N3CCOCC3)s2)cc1F. The Morgan fingerprint density at radius 1 is 1.18 bits per heavy atom. The summed E-state index contributed by atoms with van der Waals surface area (Å²) in [5, 5.41) is 5.33. The predicted octanol–water partition coefficient (Wildman–Crippen LogP) is 2.22. The Hall–Kier alpha value is -2.01. The van der Waals surface area contributed by atoms with E-state index in [4.69, 9.17) is 4.74 Å². The molecule has 0 aliphatic carbocycles. The van der Waals surface area contributed by atoms with E-state index < -0.39 is 16.1 Å². The number of ether oxygens (including phenoxy) is 1. The number of rotatable bonds is 6. The van der Waals surface area contributed by atoms with Crippen molar-refractivity contribution in [1.29, 1.82) is 0 Å². The second-order valence-electron chi connectivity index (χ2n) is 6.36. The number of nitrogens with one attached hydrogen (secondary N) is 2. The average molecular weight is 428 g/mol. The molecule has 10 heteroatoms. The maximum Gasteiger partial charge on any atom is 0.315 e. The van der Waals surface area contributed by atoms with Crippen molar-refractivity contribution in [1.82, 2.24) is 14.9 Å². The van der Waals surface area contributed by atoms with Gasteiger partial charge in [-0.2, -0.15) is 4.31 Å². The zero-order valence-electron chi connectivity index (χ0n) is 15.4. The van der Waals surface area contributed by atoms with E-state index >= 15 is 0 Å². The van der Waals surface area contributed by atoms with Gasteiger partial charge in [0.1, 0.15) is 10.0 Å². The van der Waals surface area contributed by atoms with Crippen LogP contribution in [-0.2, 0) is 27.8 Å². The molecule has 0 saturated carbocycles. The minimum atomic E-state index is -3.53. The molecule has 1 aliphatic rings. The molecule has 2 heterocycles. The molecule has 2 aromatic rings. The molecule has 152 valence electrons. The summed E-state index contributed by atoms with van der Waals surface area (Å²) in [4.78, 5) is 12.7. The van der Waals surface area contributed by atoms with Crippen LogP contribution in [0.3, 0.4) is 0 Å². The number of thiophene rings is 1. The molecule has 1 aliphatic heterocycles. The van der Waals surface area contributed by atoms with Gasteiger partial charge in [0.05, 0.1) is 19.8 Å². The van der Waals surface area contributed by atoms with Crippen LogP contribution in [0.1, 0.15) is 16.0 Å². The number of halogens is 1. The van der Waals surface area contributed by atoms with E-state index in [1.807, 2.05) is 0 Å². The predicted molar refractivity (Wildman–Crippen MR) is 104 cm³/mol. The molecule has 2 N–H and O–H groups in total. The van der Waals surface area contributed by atoms with Crippen LogP contribution >= 0.6 is 11.3 Å². The minimum absolute atomic E-state index is 0.199. The molecule has 0 radical (unpaired) electrons. The number of nitrogens with zero attached hydrogens (tertiary/aromatic N) is 1. The number of benzene rings is 1. The van der Waals surface area contributed by atoms with E-state index in [1.165, 1.54) is 10.4 Å². The lowest BCUT2D eigenvalue weighted by Gasteiger charge is -2.25. The van der Waals surface area contributed by atoms with E-state index in [-0.39, 0.29) is 23.1 Å². The molecular weight excluding hydrogens is 405 g/mol. The maximum absolute atomic E-state index is 13.5. The summed E-state index contributed by atoms with van der Waals surface area (Å²) in [6, 6.07) is 7.63. The lowest BCUT2D eigenvalue weighted by Crippen LogP contribution is -2.40. The van der Waals surface area contributed by atoms with Gasteiger partial charge in [-0.15, -0.1) is 11.3 Å². The van der Waals surface area contributed by atoms with Crippen molar-refractivity contribution in [3.05, 3.63) is 52.2 Å². The smallest absolute Gasteiger partial charge is 0.315 e. The number of carbonyl (C=O) groups excluding carboxylic acids is 1. The molecule has 28 heavy (non-hydrogen) atoms. The summed E-state index contributed by atoms with van der Waals surface area (Å²) in [5.41, 5.74) is 1.21. The summed E-state index contributed by atoms with van der Waals surface area (Å²) in [5.74, 6) is -0.313. The summed E-state index contributed by atoms with van der Waals surface area (Å²) in [7, 11) is -3.53. The first-order valence-corrected chi connectivity index (χ1v) is 11.1. The van der Waals surface area contributed by atoms with Gasteiger partial charge in [0.15, 0.2) is 0 Å². The van der Waals surface area contributed by atoms with Crippen molar-refractivity contribution in [2.24, 2.45) is 0 Å². The van der Waals surface area contributed by atoms with Gasteiger partial charge in [0.25, 0.3) is 10.0 Å². The summed E-state index contributed by atoms with van der Waals surface area (Å²) >= 11 is 1.13. The highest BCUT2D eigenvalue weighted by molar-refractivity contribution is 7.91. The molecule has 1 aromatic carbocycles. The number of hydrogen-bond donors (Lipinski definition) is 2. The Balaban J connectivity index is 1.51. The molecule has 1 fully saturated rings. The quantitative estimate of drug-likeness (QED) is 0.740. The van der Waals surface area contributed by atoms with Crippen LogP contribution in [0.15, 0.2) is 34.5 Å². The first kappa shape index (κ1) is 20.7. The lowest BCUT2D eigenvalue weighted by molar-refractivity contribution is 0.0731.